The molecule has 0 radical (unpaired) electrons. The molecule has 3 heteroatoms. The topological polar surface area (TPSA) is 46.2 Å². The summed E-state index contributed by atoms with van der Waals surface area (Å²) in [6.45, 7) is 0.477. The molecular formula is C7H8INO. The molecule has 0 saturated carbocycles. The third-order valence-electron chi connectivity index (χ3n) is 1.25. The molecule has 1 aromatic rings. The van der Waals surface area contributed by atoms with Crippen molar-refractivity contribution >= 4 is 22.6 Å². The normalized spacial score (nSPS) is 9.80. The van der Waals surface area contributed by atoms with E-state index in [1.807, 2.05) is 12.1 Å². The smallest absolute Gasteiger partial charge is 0.129 e. The quantitative estimate of drug-likeness (QED) is 0.740. The minimum absolute atomic E-state index is 0.309. The van der Waals surface area contributed by atoms with Crippen LogP contribution in [0.2, 0.25) is 0 Å². The van der Waals surface area contributed by atoms with Gasteiger partial charge in [0.1, 0.15) is 5.75 Å². The molecule has 0 aliphatic carbocycles. The molecule has 1 rings (SSSR count). The Morgan fingerprint density at radius 2 is 2.20 bits per heavy atom. The molecule has 3 N–H and O–H groups in total. The van der Waals surface area contributed by atoms with Gasteiger partial charge in [-0.1, -0.05) is 6.07 Å². The maximum Gasteiger partial charge on any atom is 0.129 e. The largest absolute Gasteiger partial charge is 0.507 e. The van der Waals surface area contributed by atoms with Gasteiger partial charge in [-0.3, -0.25) is 0 Å². The van der Waals surface area contributed by atoms with Crippen LogP contribution in [0.1, 0.15) is 5.56 Å². The average Bonchev–Trinajstić information content (AvgIpc) is 1.95. The summed E-state index contributed by atoms with van der Waals surface area (Å²) in [6, 6.07) is 5.43. The second-order valence-corrected chi connectivity index (χ2v) is 3.15. The van der Waals surface area contributed by atoms with Crippen molar-refractivity contribution in [2.75, 3.05) is 0 Å². The second-order valence-electron chi connectivity index (χ2n) is 1.99. The molecule has 0 fully saturated rings. The number of phenolic OH excluding ortho intramolecular Hbond substituents is 1. The van der Waals surface area contributed by atoms with E-state index in [4.69, 9.17) is 10.8 Å². The third-order valence-corrected chi connectivity index (χ3v) is 2.16. The first-order valence-electron chi connectivity index (χ1n) is 2.91. The van der Waals surface area contributed by atoms with Crippen LogP contribution in [-0.4, -0.2) is 5.11 Å². The van der Waals surface area contributed by atoms with Gasteiger partial charge in [0, 0.05) is 6.54 Å². The Morgan fingerprint density at radius 1 is 1.50 bits per heavy atom. The molecule has 0 heterocycles. The Balaban J connectivity index is 3.04. The summed E-state index contributed by atoms with van der Waals surface area (Å²) in [6.07, 6.45) is 0. The molecule has 0 aliphatic rings. The first-order chi connectivity index (χ1) is 4.74. The molecular weight excluding hydrogens is 241 g/mol. The van der Waals surface area contributed by atoms with Gasteiger partial charge in [-0.15, -0.1) is 0 Å². The predicted octanol–water partition coefficient (Wildman–Crippen LogP) is 1.46. The van der Waals surface area contributed by atoms with Crippen LogP contribution in [0, 0.1) is 3.57 Å². The minimum Gasteiger partial charge on any atom is -0.507 e. The molecule has 10 heavy (non-hydrogen) atoms. The molecule has 0 bridgehead atoms. The Hall–Kier alpha value is -0.290. The van der Waals surface area contributed by atoms with Gasteiger partial charge in [0.2, 0.25) is 0 Å². The molecule has 0 atom stereocenters. The van der Waals surface area contributed by atoms with E-state index >= 15 is 0 Å². The zero-order valence-corrected chi connectivity index (χ0v) is 7.50. The maximum atomic E-state index is 9.17. The Labute approximate surface area is 73.2 Å². The summed E-state index contributed by atoms with van der Waals surface area (Å²) >= 11 is 2.07. The van der Waals surface area contributed by atoms with E-state index in [0.29, 0.717) is 12.3 Å². The standard InChI is InChI=1S/C7H8INO/c8-6-2-1-5(4-9)3-7(6)10/h1-3,10H,4,9H2. The molecule has 0 aromatic heterocycles. The van der Waals surface area contributed by atoms with Crippen molar-refractivity contribution in [3.05, 3.63) is 27.3 Å². The summed E-state index contributed by atoms with van der Waals surface area (Å²) < 4.78 is 0.856. The summed E-state index contributed by atoms with van der Waals surface area (Å²) in [7, 11) is 0. The van der Waals surface area contributed by atoms with Gasteiger partial charge in [-0.05, 0) is 40.3 Å². The number of aromatic hydroxyl groups is 1. The molecule has 0 unspecified atom stereocenters. The Bertz CT molecular complexity index is 237. The summed E-state index contributed by atoms with van der Waals surface area (Å²) in [5, 5.41) is 9.17. The van der Waals surface area contributed by atoms with Crippen molar-refractivity contribution in [1.82, 2.24) is 0 Å². The third kappa shape index (κ3) is 1.60. The van der Waals surface area contributed by atoms with Gasteiger partial charge in [-0.25, -0.2) is 0 Å². The molecule has 0 saturated heterocycles. The summed E-state index contributed by atoms with van der Waals surface area (Å²) in [5.74, 6) is 0.309. The number of benzene rings is 1. The van der Waals surface area contributed by atoms with E-state index in [9.17, 15) is 0 Å². The van der Waals surface area contributed by atoms with Crippen molar-refractivity contribution < 1.29 is 5.11 Å². The molecule has 1 aromatic carbocycles. The zero-order valence-electron chi connectivity index (χ0n) is 5.34. The van der Waals surface area contributed by atoms with Crippen molar-refractivity contribution in [2.45, 2.75) is 6.54 Å². The lowest BCUT2D eigenvalue weighted by molar-refractivity contribution is 0.470. The van der Waals surface area contributed by atoms with E-state index < -0.39 is 0 Å². The van der Waals surface area contributed by atoms with Crippen molar-refractivity contribution in [2.24, 2.45) is 5.73 Å². The highest BCUT2D eigenvalue weighted by Gasteiger charge is 1.96. The number of nitrogens with two attached hydrogens (primary N) is 1. The molecule has 0 aliphatic heterocycles. The second kappa shape index (κ2) is 3.21. The average molecular weight is 249 g/mol. The van der Waals surface area contributed by atoms with Gasteiger partial charge in [0.05, 0.1) is 3.57 Å². The first kappa shape index (κ1) is 7.81. The van der Waals surface area contributed by atoms with Gasteiger partial charge >= 0.3 is 0 Å². The molecule has 54 valence electrons. The van der Waals surface area contributed by atoms with Crippen molar-refractivity contribution in [3.63, 3.8) is 0 Å². The lowest BCUT2D eigenvalue weighted by Crippen LogP contribution is -1.95. The lowest BCUT2D eigenvalue weighted by Gasteiger charge is -1.98. The van der Waals surface area contributed by atoms with Crippen LogP contribution in [0.4, 0.5) is 0 Å². The number of phenols is 1. The summed E-state index contributed by atoms with van der Waals surface area (Å²) in [4.78, 5) is 0. The van der Waals surface area contributed by atoms with Gasteiger partial charge < -0.3 is 10.8 Å². The van der Waals surface area contributed by atoms with Crippen LogP contribution < -0.4 is 5.73 Å². The number of hydrogen-bond acceptors (Lipinski definition) is 2. The van der Waals surface area contributed by atoms with Crippen LogP contribution in [-0.2, 0) is 6.54 Å². The van der Waals surface area contributed by atoms with Crippen LogP contribution >= 0.6 is 22.6 Å². The van der Waals surface area contributed by atoms with Crippen LogP contribution in [0.3, 0.4) is 0 Å². The van der Waals surface area contributed by atoms with E-state index in [0.717, 1.165) is 9.13 Å². The molecule has 0 spiro atoms. The minimum atomic E-state index is 0.309. The fourth-order valence-electron chi connectivity index (χ4n) is 0.685. The fraction of sp³-hybridized carbons (Fsp3) is 0.143. The SMILES string of the molecule is NCc1ccc(I)c(O)c1. The van der Waals surface area contributed by atoms with Crippen molar-refractivity contribution in [1.29, 1.82) is 0 Å². The van der Waals surface area contributed by atoms with Gasteiger partial charge in [0.25, 0.3) is 0 Å². The monoisotopic (exact) mass is 249 g/mol. The van der Waals surface area contributed by atoms with Crippen LogP contribution in [0.25, 0.3) is 0 Å². The summed E-state index contributed by atoms with van der Waals surface area (Å²) in [5.41, 5.74) is 6.31. The van der Waals surface area contributed by atoms with E-state index in [1.54, 1.807) is 6.07 Å². The fourth-order valence-corrected chi connectivity index (χ4v) is 1.02. The van der Waals surface area contributed by atoms with E-state index in [-0.39, 0.29) is 0 Å². The van der Waals surface area contributed by atoms with Crippen LogP contribution in [0.5, 0.6) is 5.75 Å². The predicted molar refractivity (Wildman–Crippen MR) is 48.7 cm³/mol. The highest BCUT2D eigenvalue weighted by molar-refractivity contribution is 14.1. The van der Waals surface area contributed by atoms with Crippen molar-refractivity contribution in [3.8, 4) is 5.75 Å². The number of rotatable bonds is 1. The van der Waals surface area contributed by atoms with E-state index in [2.05, 4.69) is 22.6 Å². The highest BCUT2D eigenvalue weighted by atomic mass is 127. The van der Waals surface area contributed by atoms with Gasteiger partial charge in [-0.2, -0.15) is 0 Å². The first-order valence-corrected chi connectivity index (χ1v) is 3.99. The Kier molecular flexibility index (Phi) is 2.50. The maximum absolute atomic E-state index is 9.17. The number of hydrogen-bond donors (Lipinski definition) is 2. The number of halogens is 1. The molecule has 0 amide bonds. The van der Waals surface area contributed by atoms with Crippen LogP contribution in [0.15, 0.2) is 18.2 Å². The zero-order chi connectivity index (χ0) is 7.56. The lowest BCUT2D eigenvalue weighted by atomic mass is 10.2. The van der Waals surface area contributed by atoms with E-state index in [1.165, 1.54) is 0 Å². The Morgan fingerprint density at radius 3 is 2.70 bits per heavy atom. The van der Waals surface area contributed by atoms with Gasteiger partial charge in [0.15, 0.2) is 0 Å². The highest BCUT2D eigenvalue weighted by Crippen LogP contribution is 2.19. The molecule has 2 nitrogen and oxygen atoms in total.